The lowest BCUT2D eigenvalue weighted by Gasteiger charge is -2.19. The highest BCUT2D eigenvalue weighted by molar-refractivity contribution is 5.91. The Hall–Kier alpha value is -1.58. The van der Waals surface area contributed by atoms with Gasteiger partial charge in [-0.2, -0.15) is 5.10 Å². The van der Waals surface area contributed by atoms with E-state index >= 15 is 0 Å². The SMILES string of the molecule is CCC(C)n1nccc1NC(=O)C1CC=CCC1. The van der Waals surface area contributed by atoms with Gasteiger partial charge >= 0.3 is 0 Å². The van der Waals surface area contributed by atoms with Gasteiger partial charge in [0.15, 0.2) is 0 Å². The monoisotopic (exact) mass is 247 g/mol. The number of aromatic nitrogens is 2. The highest BCUT2D eigenvalue weighted by atomic mass is 16.2. The molecule has 4 nitrogen and oxygen atoms in total. The molecule has 1 aliphatic carbocycles. The van der Waals surface area contributed by atoms with Crippen molar-refractivity contribution in [3.05, 3.63) is 24.4 Å². The molecule has 0 fully saturated rings. The van der Waals surface area contributed by atoms with E-state index in [1.54, 1.807) is 6.20 Å². The van der Waals surface area contributed by atoms with Gasteiger partial charge in [0.05, 0.1) is 12.2 Å². The van der Waals surface area contributed by atoms with E-state index in [4.69, 9.17) is 0 Å². The predicted octanol–water partition coefficient (Wildman–Crippen LogP) is 3.15. The average molecular weight is 247 g/mol. The highest BCUT2D eigenvalue weighted by Gasteiger charge is 2.20. The van der Waals surface area contributed by atoms with E-state index in [0.29, 0.717) is 6.04 Å². The number of hydrogen-bond acceptors (Lipinski definition) is 2. The van der Waals surface area contributed by atoms with Gasteiger partial charge in [-0.25, -0.2) is 4.68 Å². The van der Waals surface area contributed by atoms with Crippen LogP contribution >= 0.6 is 0 Å². The maximum atomic E-state index is 12.1. The molecular formula is C14H21N3O. The summed E-state index contributed by atoms with van der Waals surface area (Å²) in [6, 6.07) is 2.17. The summed E-state index contributed by atoms with van der Waals surface area (Å²) >= 11 is 0. The number of anilines is 1. The van der Waals surface area contributed by atoms with Gasteiger partial charge < -0.3 is 5.32 Å². The topological polar surface area (TPSA) is 46.9 Å². The zero-order chi connectivity index (χ0) is 13.0. The number of rotatable bonds is 4. The van der Waals surface area contributed by atoms with Crippen LogP contribution < -0.4 is 5.32 Å². The molecule has 4 heteroatoms. The van der Waals surface area contributed by atoms with Crippen molar-refractivity contribution < 1.29 is 4.79 Å². The largest absolute Gasteiger partial charge is 0.311 e. The van der Waals surface area contributed by atoms with Crippen LogP contribution in [0.1, 0.15) is 45.6 Å². The van der Waals surface area contributed by atoms with Crippen molar-refractivity contribution >= 4 is 11.7 Å². The van der Waals surface area contributed by atoms with E-state index < -0.39 is 0 Å². The minimum Gasteiger partial charge on any atom is -0.311 e. The van der Waals surface area contributed by atoms with Crippen molar-refractivity contribution in [3.8, 4) is 0 Å². The Morgan fingerprint density at radius 3 is 3.11 bits per heavy atom. The molecule has 2 rings (SSSR count). The quantitative estimate of drug-likeness (QED) is 0.831. The van der Waals surface area contributed by atoms with Crippen LogP contribution in [0, 0.1) is 5.92 Å². The van der Waals surface area contributed by atoms with E-state index in [1.807, 2.05) is 10.7 Å². The molecular weight excluding hydrogens is 226 g/mol. The van der Waals surface area contributed by atoms with Gasteiger partial charge in [0, 0.05) is 12.0 Å². The molecule has 1 aromatic heterocycles. The zero-order valence-corrected chi connectivity index (χ0v) is 11.1. The first kappa shape index (κ1) is 12.9. The van der Waals surface area contributed by atoms with Gasteiger partial charge in [0.1, 0.15) is 5.82 Å². The number of carbonyl (C=O) groups is 1. The summed E-state index contributed by atoms with van der Waals surface area (Å²) in [4.78, 5) is 12.1. The van der Waals surface area contributed by atoms with E-state index in [1.165, 1.54) is 0 Å². The molecule has 1 aliphatic rings. The number of carbonyl (C=O) groups excluding carboxylic acids is 1. The number of nitrogens with one attached hydrogen (secondary N) is 1. The third-order valence-electron chi connectivity index (χ3n) is 3.57. The normalized spacial score (nSPS) is 20.7. The van der Waals surface area contributed by atoms with Crippen molar-refractivity contribution in [2.24, 2.45) is 5.92 Å². The molecule has 1 N–H and O–H groups in total. The fraction of sp³-hybridized carbons (Fsp3) is 0.571. The third kappa shape index (κ3) is 2.81. The standard InChI is InChI=1S/C14H21N3O/c1-3-11(2)17-13(9-10-15-17)16-14(18)12-7-5-4-6-8-12/h4-5,9-12H,3,6-8H2,1-2H3,(H,16,18). The molecule has 0 radical (unpaired) electrons. The number of hydrogen-bond donors (Lipinski definition) is 1. The van der Waals surface area contributed by atoms with Gasteiger partial charge in [0.25, 0.3) is 0 Å². The molecule has 2 unspecified atom stereocenters. The molecule has 0 aromatic carbocycles. The number of amides is 1. The van der Waals surface area contributed by atoms with Crippen molar-refractivity contribution in [1.82, 2.24) is 9.78 Å². The summed E-state index contributed by atoms with van der Waals surface area (Å²) in [5.41, 5.74) is 0. The van der Waals surface area contributed by atoms with Gasteiger partial charge in [-0.05, 0) is 32.6 Å². The van der Waals surface area contributed by atoms with Gasteiger partial charge in [0.2, 0.25) is 5.91 Å². The smallest absolute Gasteiger partial charge is 0.228 e. The lowest BCUT2D eigenvalue weighted by atomic mass is 9.94. The Balaban J connectivity index is 2.02. The molecule has 0 saturated heterocycles. The van der Waals surface area contributed by atoms with Crippen molar-refractivity contribution in [2.75, 3.05) is 5.32 Å². The zero-order valence-electron chi connectivity index (χ0n) is 11.1. The lowest BCUT2D eigenvalue weighted by Crippen LogP contribution is -2.25. The first-order valence-electron chi connectivity index (χ1n) is 6.71. The maximum absolute atomic E-state index is 12.1. The number of allylic oxidation sites excluding steroid dienone is 2. The van der Waals surface area contributed by atoms with E-state index in [-0.39, 0.29) is 11.8 Å². The predicted molar refractivity (Wildman–Crippen MR) is 72.3 cm³/mol. The van der Waals surface area contributed by atoms with Crippen LogP contribution in [0.25, 0.3) is 0 Å². The van der Waals surface area contributed by atoms with Gasteiger partial charge in [-0.1, -0.05) is 19.1 Å². The highest BCUT2D eigenvalue weighted by Crippen LogP contribution is 2.21. The van der Waals surface area contributed by atoms with Crippen LogP contribution in [-0.2, 0) is 4.79 Å². The second kappa shape index (κ2) is 5.85. The Morgan fingerprint density at radius 1 is 1.61 bits per heavy atom. The Bertz CT molecular complexity index is 436. The summed E-state index contributed by atoms with van der Waals surface area (Å²) in [5.74, 6) is 1.03. The minimum absolute atomic E-state index is 0.107. The number of nitrogens with zero attached hydrogens (tertiary/aromatic N) is 2. The molecule has 1 aromatic rings. The second-order valence-corrected chi connectivity index (χ2v) is 4.89. The van der Waals surface area contributed by atoms with Crippen LogP contribution in [0.15, 0.2) is 24.4 Å². The minimum atomic E-state index is 0.107. The van der Waals surface area contributed by atoms with E-state index in [2.05, 4.69) is 36.4 Å². The first-order valence-corrected chi connectivity index (χ1v) is 6.71. The molecule has 1 heterocycles. The summed E-state index contributed by atoms with van der Waals surface area (Å²) in [6.07, 6.45) is 9.78. The molecule has 1 amide bonds. The Kier molecular flexibility index (Phi) is 4.18. The van der Waals surface area contributed by atoms with Gasteiger partial charge in [-0.3, -0.25) is 4.79 Å². The van der Waals surface area contributed by atoms with Crippen LogP contribution in [0.4, 0.5) is 5.82 Å². The average Bonchev–Trinajstić information content (AvgIpc) is 2.87. The summed E-state index contributed by atoms with van der Waals surface area (Å²) in [6.45, 7) is 4.22. The third-order valence-corrected chi connectivity index (χ3v) is 3.57. The van der Waals surface area contributed by atoms with Gasteiger partial charge in [-0.15, -0.1) is 0 Å². The molecule has 0 bridgehead atoms. The van der Waals surface area contributed by atoms with Crippen LogP contribution in [0.3, 0.4) is 0 Å². The van der Waals surface area contributed by atoms with E-state index in [0.717, 1.165) is 31.5 Å². The Labute approximate surface area is 108 Å². The second-order valence-electron chi connectivity index (χ2n) is 4.89. The fourth-order valence-corrected chi connectivity index (χ4v) is 2.20. The van der Waals surface area contributed by atoms with Crippen LogP contribution in [0.5, 0.6) is 0 Å². The van der Waals surface area contributed by atoms with Crippen molar-refractivity contribution in [2.45, 2.75) is 45.6 Å². The van der Waals surface area contributed by atoms with Crippen LogP contribution in [0.2, 0.25) is 0 Å². The Morgan fingerprint density at radius 2 is 2.44 bits per heavy atom. The van der Waals surface area contributed by atoms with Crippen LogP contribution in [-0.4, -0.2) is 15.7 Å². The maximum Gasteiger partial charge on any atom is 0.228 e. The lowest BCUT2D eigenvalue weighted by molar-refractivity contribution is -0.120. The molecule has 0 aliphatic heterocycles. The summed E-state index contributed by atoms with van der Waals surface area (Å²) in [7, 11) is 0. The molecule has 98 valence electrons. The van der Waals surface area contributed by atoms with E-state index in [9.17, 15) is 4.79 Å². The molecule has 0 saturated carbocycles. The molecule has 2 atom stereocenters. The summed E-state index contributed by atoms with van der Waals surface area (Å²) in [5, 5.41) is 7.28. The summed E-state index contributed by atoms with van der Waals surface area (Å²) < 4.78 is 1.89. The van der Waals surface area contributed by atoms with Crippen molar-refractivity contribution in [3.63, 3.8) is 0 Å². The fourth-order valence-electron chi connectivity index (χ4n) is 2.20. The molecule has 18 heavy (non-hydrogen) atoms. The molecule has 0 spiro atoms. The van der Waals surface area contributed by atoms with Crippen molar-refractivity contribution in [1.29, 1.82) is 0 Å². The first-order chi connectivity index (χ1) is 8.72.